The maximum absolute atomic E-state index is 12.2. The normalized spacial score (nSPS) is 18.7. The van der Waals surface area contributed by atoms with Gasteiger partial charge in [0, 0.05) is 19.7 Å². The molecular formula is C14H24N4O2S. The van der Waals surface area contributed by atoms with E-state index in [-0.39, 0.29) is 17.8 Å². The van der Waals surface area contributed by atoms with Crippen LogP contribution in [0.15, 0.2) is 0 Å². The van der Waals surface area contributed by atoms with Crippen molar-refractivity contribution >= 4 is 28.2 Å². The summed E-state index contributed by atoms with van der Waals surface area (Å²) < 4.78 is 5.59. The van der Waals surface area contributed by atoms with Crippen LogP contribution in [0.5, 0.6) is 0 Å². The van der Waals surface area contributed by atoms with Gasteiger partial charge in [-0.05, 0) is 25.2 Å². The summed E-state index contributed by atoms with van der Waals surface area (Å²) >= 11 is 1.30. The molecule has 1 aromatic rings. The van der Waals surface area contributed by atoms with Gasteiger partial charge in [0.2, 0.25) is 0 Å². The molecule has 118 valence electrons. The molecule has 0 spiro atoms. The maximum atomic E-state index is 12.2. The zero-order chi connectivity index (χ0) is 15.2. The molecule has 6 nitrogen and oxygen atoms in total. The van der Waals surface area contributed by atoms with Crippen LogP contribution in [0.4, 0.5) is 10.9 Å². The fraction of sp³-hybridized carbons (Fsp3) is 0.714. The highest BCUT2D eigenvalue weighted by Crippen LogP contribution is 2.25. The minimum absolute atomic E-state index is 0.121. The Hall–Kier alpha value is -1.34. The zero-order valence-electron chi connectivity index (χ0n) is 12.6. The molecule has 1 fully saturated rings. The molecule has 1 unspecified atom stereocenters. The summed E-state index contributed by atoms with van der Waals surface area (Å²) in [4.78, 5) is 16.8. The molecule has 0 saturated carbocycles. The first-order valence-electron chi connectivity index (χ1n) is 7.46. The van der Waals surface area contributed by atoms with Crippen LogP contribution in [0.1, 0.15) is 42.8 Å². The second-order valence-corrected chi connectivity index (χ2v) is 6.71. The molecular weight excluding hydrogens is 288 g/mol. The van der Waals surface area contributed by atoms with Crippen molar-refractivity contribution in [2.75, 3.05) is 30.7 Å². The fourth-order valence-electron chi connectivity index (χ4n) is 2.12. The highest BCUT2D eigenvalue weighted by molar-refractivity contribution is 7.18. The molecule has 1 aliphatic rings. The molecule has 0 aliphatic carbocycles. The first kappa shape index (κ1) is 16.0. The van der Waals surface area contributed by atoms with Gasteiger partial charge in [-0.15, -0.1) is 0 Å². The monoisotopic (exact) mass is 312 g/mol. The molecule has 1 amide bonds. The number of nitrogens with two attached hydrogens (primary N) is 1. The van der Waals surface area contributed by atoms with Crippen LogP contribution in [-0.4, -0.2) is 36.7 Å². The lowest BCUT2D eigenvalue weighted by Crippen LogP contribution is -2.35. The van der Waals surface area contributed by atoms with E-state index in [1.807, 2.05) is 0 Å². The molecule has 0 bridgehead atoms. The highest BCUT2D eigenvalue weighted by atomic mass is 32.1. The fourth-order valence-corrected chi connectivity index (χ4v) is 2.92. The van der Waals surface area contributed by atoms with Crippen molar-refractivity contribution in [2.45, 2.75) is 39.2 Å². The van der Waals surface area contributed by atoms with Crippen molar-refractivity contribution in [2.24, 2.45) is 5.92 Å². The van der Waals surface area contributed by atoms with E-state index in [0.717, 1.165) is 32.4 Å². The molecule has 1 aliphatic heterocycles. The quantitative estimate of drug-likeness (QED) is 0.748. The lowest BCUT2D eigenvalue weighted by atomic mass is 10.1. The van der Waals surface area contributed by atoms with Crippen molar-refractivity contribution in [1.82, 2.24) is 10.3 Å². The summed E-state index contributed by atoms with van der Waals surface area (Å²) in [5, 5.41) is 6.77. The maximum Gasteiger partial charge on any atom is 0.265 e. The second kappa shape index (κ2) is 7.61. The van der Waals surface area contributed by atoms with Gasteiger partial charge in [-0.2, -0.15) is 0 Å². The van der Waals surface area contributed by atoms with E-state index in [1.54, 1.807) is 0 Å². The number of nitrogens with zero attached hydrogens (tertiary/aromatic N) is 1. The molecule has 2 rings (SSSR count). The number of rotatable bonds is 6. The SMILES string of the molecule is CC(C)CNc1nc(N)c(C(=O)NCC2CCCCO2)s1. The number of thiazole rings is 1. The van der Waals surface area contributed by atoms with E-state index >= 15 is 0 Å². The van der Waals surface area contributed by atoms with Gasteiger partial charge in [-0.3, -0.25) is 4.79 Å². The summed E-state index contributed by atoms with van der Waals surface area (Å²) in [5.41, 5.74) is 5.82. The number of carbonyl (C=O) groups excluding carboxylic acids is 1. The van der Waals surface area contributed by atoms with Crippen molar-refractivity contribution in [3.05, 3.63) is 4.88 Å². The Balaban J connectivity index is 1.86. The molecule has 0 aromatic carbocycles. The van der Waals surface area contributed by atoms with Gasteiger partial charge in [0.1, 0.15) is 10.7 Å². The summed E-state index contributed by atoms with van der Waals surface area (Å²) in [6.07, 6.45) is 3.39. The largest absolute Gasteiger partial charge is 0.382 e. The lowest BCUT2D eigenvalue weighted by molar-refractivity contribution is 0.0169. The molecule has 7 heteroatoms. The molecule has 21 heavy (non-hydrogen) atoms. The number of amides is 1. The van der Waals surface area contributed by atoms with Gasteiger partial charge in [-0.1, -0.05) is 25.2 Å². The van der Waals surface area contributed by atoms with Gasteiger partial charge in [0.15, 0.2) is 5.13 Å². The molecule has 1 saturated heterocycles. The number of nitrogens with one attached hydrogen (secondary N) is 2. The van der Waals surface area contributed by atoms with Crippen molar-refractivity contribution in [1.29, 1.82) is 0 Å². The summed E-state index contributed by atoms with van der Waals surface area (Å²) in [6.45, 7) is 6.35. The predicted octanol–water partition coefficient (Wildman–Crippen LogP) is 2.09. The Morgan fingerprint density at radius 2 is 2.33 bits per heavy atom. The number of ether oxygens (including phenoxy) is 1. The zero-order valence-corrected chi connectivity index (χ0v) is 13.5. The molecule has 1 atom stereocenters. The number of hydrogen-bond acceptors (Lipinski definition) is 6. The first-order chi connectivity index (χ1) is 10.1. The summed E-state index contributed by atoms with van der Waals surface area (Å²) in [5.74, 6) is 0.626. The second-order valence-electron chi connectivity index (χ2n) is 5.71. The van der Waals surface area contributed by atoms with E-state index < -0.39 is 0 Å². The van der Waals surface area contributed by atoms with E-state index in [4.69, 9.17) is 10.5 Å². The smallest absolute Gasteiger partial charge is 0.265 e. The Morgan fingerprint density at radius 1 is 1.52 bits per heavy atom. The van der Waals surface area contributed by atoms with Crippen LogP contribution in [-0.2, 0) is 4.74 Å². The van der Waals surface area contributed by atoms with Crippen LogP contribution in [0.25, 0.3) is 0 Å². The summed E-state index contributed by atoms with van der Waals surface area (Å²) in [7, 11) is 0. The van der Waals surface area contributed by atoms with Crippen LogP contribution in [0.2, 0.25) is 0 Å². The van der Waals surface area contributed by atoms with E-state index in [9.17, 15) is 4.79 Å². The average molecular weight is 312 g/mol. The molecule has 1 aromatic heterocycles. The Bertz CT molecular complexity index is 470. The molecule has 0 radical (unpaired) electrons. The number of aromatic nitrogens is 1. The van der Waals surface area contributed by atoms with Crippen LogP contribution < -0.4 is 16.4 Å². The lowest BCUT2D eigenvalue weighted by Gasteiger charge is -2.22. The third kappa shape index (κ3) is 4.86. The number of nitrogen functional groups attached to an aromatic ring is 1. The van der Waals surface area contributed by atoms with Crippen molar-refractivity contribution < 1.29 is 9.53 Å². The van der Waals surface area contributed by atoms with E-state index in [2.05, 4.69) is 29.5 Å². The molecule has 2 heterocycles. The van der Waals surface area contributed by atoms with E-state index in [1.165, 1.54) is 11.3 Å². The van der Waals surface area contributed by atoms with Gasteiger partial charge in [0.25, 0.3) is 5.91 Å². The minimum atomic E-state index is -0.170. The minimum Gasteiger partial charge on any atom is -0.382 e. The Kier molecular flexibility index (Phi) is 5.81. The molecule has 4 N–H and O–H groups in total. The number of anilines is 2. The van der Waals surface area contributed by atoms with Gasteiger partial charge in [0.05, 0.1) is 6.10 Å². The first-order valence-corrected chi connectivity index (χ1v) is 8.28. The topological polar surface area (TPSA) is 89.3 Å². The van der Waals surface area contributed by atoms with Crippen LogP contribution in [0, 0.1) is 5.92 Å². The van der Waals surface area contributed by atoms with Gasteiger partial charge in [-0.25, -0.2) is 4.98 Å². The third-order valence-electron chi connectivity index (χ3n) is 3.29. The van der Waals surface area contributed by atoms with Gasteiger partial charge >= 0.3 is 0 Å². The van der Waals surface area contributed by atoms with Crippen LogP contribution >= 0.6 is 11.3 Å². The van der Waals surface area contributed by atoms with Crippen molar-refractivity contribution in [3.63, 3.8) is 0 Å². The Morgan fingerprint density at radius 3 is 3.00 bits per heavy atom. The predicted molar refractivity (Wildman–Crippen MR) is 85.8 cm³/mol. The average Bonchev–Trinajstić information content (AvgIpc) is 2.85. The summed E-state index contributed by atoms with van der Waals surface area (Å²) in [6, 6.07) is 0. The van der Waals surface area contributed by atoms with E-state index in [0.29, 0.717) is 22.5 Å². The van der Waals surface area contributed by atoms with Crippen molar-refractivity contribution in [3.8, 4) is 0 Å². The highest BCUT2D eigenvalue weighted by Gasteiger charge is 2.19. The van der Waals surface area contributed by atoms with Gasteiger partial charge < -0.3 is 21.1 Å². The number of carbonyl (C=O) groups is 1. The third-order valence-corrected chi connectivity index (χ3v) is 4.31. The Labute approximate surface area is 129 Å². The number of hydrogen-bond donors (Lipinski definition) is 3. The van der Waals surface area contributed by atoms with Crippen LogP contribution in [0.3, 0.4) is 0 Å². The standard InChI is InChI=1S/C14H24N4O2S/c1-9(2)7-17-14-18-12(15)11(21-14)13(19)16-8-10-5-3-4-6-20-10/h9-10H,3-8,15H2,1-2H3,(H,16,19)(H,17,18).